The number of carbonyl (C=O) groups is 2. The van der Waals surface area contributed by atoms with Crippen LogP contribution in [0.2, 0.25) is 0 Å². The minimum absolute atomic E-state index is 0.0846. The SMILES string of the molecule is Cc1cc(I)ccc1Nc1ccc(Br)cc1C(=O)NCCO.Cc1cc(I)ccc1Nc1ccc([N+](=O)[O-])cc1C(=O)N(C)c1ccccc1. The molecule has 2 amide bonds. The molecule has 0 aromatic heterocycles. The molecule has 0 bridgehead atoms. The molecule has 0 aliphatic heterocycles. The normalized spacial score (nSPS) is 10.4. The summed E-state index contributed by atoms with van der Waals surface area (Å²) < 4.78 is 3.09. The van der Waals surface area contributed by atoms with Crippen molar-refractivity contribution in [3.63, 3.8) is 0 Å². The molecule has 5 rings (SSSR count). The molecule has 0 radical (unpaired) electrons. The number of benzene rings is 5. The second kappa shape index (κ2) is 18.3. The van der Waals surface area contributed by atoms with E-state index in [-0.39, 0.29) is 36.2 Å². The number of nitrogens with zero attached hydrogens (tertiary/aromatic N) is 2. The van der Waals surface area contributed by atoms with Crippen molar-refractivity contribution < 1.29 is 19.6 Å². The van der Waals surface area contributed by atoms with Crippen molar-refractivity contribution in [3.8, 4) is 0 Å². The maximum Gasteiger partial charge on any atom is 0.270 e. The highest BCUT2D eigenvalue weighted by Crippen LogP contribution is 2.30. The smallest absolute Gasteiger partial charge is 0.270 e. The van der Waals surface area contributed by atoms with Crippen LogP contribution in [-0.4, -0.2) is 42.0 Å². The van der Waals surface area contributed by atoms with Crippen LogP contribution in [0.3, 0.4) is 0 Å². The van der Waals surface area contributed by atoms with E-state index in [1.807, 2.05) is 86.6 Å². The molecule has 0 fully saturated rings. The number of nitro benzene ring substituents is 1. The second-order valence-electron chi connectivity index (χ2n) is 11.0. The van der Waals surface area contributed by atoms with E-state index in [0.717, 1.165) is 39.8 Å². The Balaban J connectivity index is 0.000000232. The molecular formula is C37H34BrI2N5O5. The first-order chi connectivity index (χ1) is 23.9. The van der Waals surface area contributed by atoms with Gasteiger partial charge in [-0.3, -0.25) is 19.7 Å². The Bertz CT molecular complexity index is 2010. The first-order valence-electron chi connectivity index (χ1n) is 15.2. The topological polar surface area (TPSA) is 137 Å². The number of halogens is 3. The maximum atomic E-state index is 13.1. The Morgan fingerprint density at radius 2 is 1.32 bits per heavy atom. The molecule has 50 heavy (non-hydrogen) atoms. The summed E-state index contributed by atoms with van der Waals surface area (Å²) in [6, 6.07) is 30.9. The summed E-state index contributed by atoms with van der Waals surface area (Å²) >= 11 is 7.89. The number of hydrogen-bond donors (Lipinski definition) is 4. The number of non-ortho nitro benzene ring substituents is 1. The van der Waals surface area contributed by atoms with Gasteiger partial charge in [-0.2, -0.15) is 0 Å². The van der Waals surface area contributed by atoms with Gasteiger partial charge >= 0.3 is 0 Å². The van der Waals surface area contributed by atoms with Crippen LogP contribution in [0.15, 0.2) is 108 Å². The number of carbonyl (C=O) groups excluding carboxylic acids is 2. The molecule has 0 saturated carbocycles. The number of nitrogens with one attached hydrogen (secondary N) is 3. The summed E-state index contributed by atoms with van der Waals surface area (Å²) in [6.45, 7) is 4.13. The molecular weight excluding hydrogens is 928 g/mol. The predicted octanol–water partition coefficient (Wildman–Crippen LogP) is 9.36. The molecule has 0 saturated heterocycles. The summed E-state index contributed by atoms with van der Waals surface area (Å²) in [5.41, 5.74) is 6.50. The average molecular weight is 962 g/mol. The van der Waals surface area contributed by atoms with E-state index in [9.17, 15) is 19.7 Å². The predicted molar refractivity (Wildman–Crippen MR) is 220 cm³/mol. The van der Waals surface area contributed by atoms with Crippen molar-refractivity contribution in [1.29, 1.82) is 0 Å². The van der Waals surface area contributed by atoms with E-state index in [4.69, 9.17) is 5.11 Å². The number of aliphatic hydroxyl groups excluding tert-OH is 1. The van der Waals surface area contributed by atoms with Crippen LogP contribution in [0.5, 0.6) is 0 Å². The van der Waals surface area contributed by atoms with Gasteiger partial charge in [0, 0.05) is 54.4 Å². The zero-order valence-corrected chi connectivity index (χ0v) is 33.2. The summed E-state index contributed by atoms with van der Waals surface area (Å²) in [6.07, 6.45) is 0. The van der Waals surface area contributed by atoms with Gasteiger partial charge < -0.3 is 26.0 Å². The first-order valence-corrected chi connectivity index (χ1v) is 18.2. The minimum Gasteiger partial charge on any atom is -0.395 e. The summed E-state index contributed by atoms with van der Waals surface area (Å²) in [7, 11) is 1.65. The van der Waals surface area contributed by atoms with Gasteiger partial charge in [0.2, 0.25) is 0 Å². The summed E-state index contributed by atoms with van der Waals surface area (Å²) in [4.78, 5) is 37.6. The van der Waals surface area contributed by atoms with Gasteiger partial charge in [0.05, 0.1) is 34.0 Å². The molecule has 0 aliphatic carbocycles. The number of amides is 2. The van der Waals surface area contributed by atoms with Gasteiger partial charge in [-0.1, -0.05) is 34.1 Å². The molecule has 10 nitrogen and oxygen atoms in total. The number of nitro groups is 1. The minimum atomic E-state index is -0.501. The standard InChI is InChI=1S/C21H18IN3O3.C16H16BrIN2O2/c1-14-12-15(22)8-10-19(14)23-20-11-9-17(25(27)28)13-18(20)21(26)24(2)16-6-4-3-5-7-16;1-10-8-12(18)3-5-14(10)20-15-4-2-11(17)9-13(15)16(22)19-6-7-21/h3-13,23H,1-2H3;2-5,8-9,20-21H,6-7H2,1H3,(H,19,22). The van der Waals surface area contributed by atoms with Crippen LogP contribution < -0.4 is 20.9 Å². The van der Waals surface area contributed by atoms with Gasteiger partial charge in [-0.25, -0.2) is 0 Å². The largest absolute Gasteiger partial charge is 0.395 e. The van der Waals surface area contributed by atoms with E-state index in [1.165, 1.54) is 17.0 Å². The van der Waals surface area contributed by atoms with Gasteiger partial charge in [0.15, 0.2) is 0 Å². The lowest BCUT2D eigenvalue weighted by molar-refractivity contribution is -0.384. The van der Waals surface area contributed by atoms with E-state index in [0.29, 0.717) is 16.9 Å². The Labute approximate surface area is 326 Å². The van der Waals surface area contributed by atoms with E-state index in [1.54, 1.807) is 19.2 Å². The number of anilines is 5. The maximum absolute atomic E-state index is 13.1. The Kier molecular flexibility index (Phi) is 14.1. The van der Waals surface area contributed by atoms with Crippen LogP contribution in [0, 0.1) is 31.1 Å². The highest BCUT2D eigenvalue weighted by molar-refractivity contribution is 14.1. The summed E-state index contributed by atoms with van der Waals surface area (Å²) in [5.74, 6) is -0.554. The Hall–Kier alpha value is -4.06. The van der Waals surface area contributed by atoms with Crippen LogP contribution in [0.4, 0.5) is 34.1 Å². The average Bonchev–Trinajstić information content (AvgIpc) is 3.10. The van der Waals surface area contributed by atoms with Crippen molar-refractivity contribution in [2.45, 2.75) is 13.8 Å². The van der Waals surface area contributed by atoms with E-state index in [2.05, 4.69) is 83.1 Å². The van der Waals surface area contributed by atoms with E-state index < -0.39 is 4.92 Å². The summed E-state index contributed by atoms with van der Waals surface area (Å²) in [5, 5.41) is 29.3. The molecule has 258 valence electrons. The van der Waals surface area contributed by atoms with Crippen LogP contribution in [-0.2, 0) is 0 Å². The number of aliphatic hydroxyl groups is 1. The van der Waals surface area contributed by atoms with Gasteiger partial charge in [-0.05, 0) is 143 Å². The second-order valence-corrected chi connectivity index (χ2v) is 14.4. The van der Waals surface area contributed by atoms with Crippen molar-refractivity contribution >= 4 is 107 Å². The number of rotatable bonds is 10. The third-order valence-corrected chi connectivity index (χ3v) is 9.27. The molecule has 0 heterocycles. The molecule has 4 N–H and O–H groups in total. The lowest BCUT2D eigenvalue weighted by Crippen LogP contribution is -2.27. The van der Waals surface area contributed by atoms with Crippen molar-refractivity contribution in [2.24, 2.45) is 0 Å². The fraction of sp³-hybridized carbons (Fsp3) is 0.135. The van der Waals surface area contributed by atoms with Gasteiger partial charge in [0.25, 0.3) is 17.5 Å². The van der Waals surface area contributed by atoms with Crippen molar-refractivity contribution in [2.75, 3.05) is 35.7 Å². The van der Waals surface area contributed by atoms with Crippen LogP contribution in [0.1, 0.15) is 31.8 Å². The van der Waals surface area contributed by atoms with Crippen molar-refractivity contribution in [3.05, 3.63) is 147 Å². The number of hydrogen-bond acceptors (Lipinski definition) is 7. The lowest BCUT2D eigenvalue weighted by Gasteiger charge is -2.20. The van der Waals surface area contributed by atoms with Gasteiger partial charge in [0.1, 0.15) is 0 Å². The quantitative estimate of drug-likeness (QED) is 0.0623. The van der Waals surface area contributed by atoms with E-state index >= 15 is 0 Å². The Morgan fingerprint density at radius 1 is 0.780 bits per heavy atom. The Morgan fingerprint density at radius 3 is 1.86 bits per heavy atom. The third-order valence-electron chi connectivity index (χ3n) is 7.43. The zero-order valence-electron chi connectivity index (χ0n) is 27.3. The number of para-hydroxylation sites is 1. The molecule has 5 aromatic rings. The molecule has 0 aliphatic rings. The van der Waals surface area contributed by atoms with Crippen molar-refractivity contribution in [1.82, 2.24) is 5.32 Å². The highest BCUT2D eigenvalue weighted by atomic mass is 127. The molecule has 5 aromatic carbocycles. The molecule has 13 heteroatoms. The lowest BCUT2D eigenvalue weighted by atomic mass is 10.1. The molecule has 0 unspecified atom stereocenters. The fourth-order valence-electron chi connectivity index (χ4n) is 4.78. The monoisotopic (exact) mass is 961 g/mol. The number of aryl methyl sites for hydroxylation is 2. The molecule has 0 spiro atoms. The van der Waals surface area contributed by atoms with Crippen LogP contribution >= 0.6 is 61.1 Å². The fourth-order valence-corrected chi connectivity index (χ4v) is 6.44. The van der Waals surface area contributed by atoms with Crippen LogP contribution in [0.25, 0.3) is 0 Å². The van der Waals surface area contributed by atoms with Gasteiger partial charge in [-0.15, -0.1) is 0 Å². The highest BCUT2D eigenvalue weighted by Gasteiger charge is 2.21. The molecule has 0 atom stereocenters. The first kappa shape index (κ1) is 38.7. The zero-order chi connectivity index (χ0) is 36.4. The third kappa shape index (κ3) is 10.5.